The predicted molar refractivity (Wildman–Crippen MR) is 107 cm³/mol. The van der Waals surface area contributed by atoms with Crippen LogP contribution in [0.15, 0.2) is 23.4 Å². The topological polar surface area (TPSA) is 108 Å². The van der Waals surface area contributed by atoms with Crippen molar-refractivity contribution in [1.29, 1.82) is 0 Å². The fourth-order valence-electron chi connectivity index (χ4n) is 2.19. The van der Waals surface area contributed by atoms with E-state index in [4.69, 9.17) is 11.6 Å². The Balaban J connectivity index is 1.90. The van der Waals surface area contributed by atoms with Crippen LogP contribution < -0.4 is 20.7 Å². The lowest BCUT2D eigenvalue weighted by atomic mass is 10.2. The minimum absolute atomic E-state index is 0.0519. The van der Waals surface area contributed by atoms with Gasteiger partial charge in [-0.1, -0.05) is 11.6 Å². The number of hydrogen-bond acceptors (Lipinski definition) is 8. The van der Waals surface area contributed by atoms with Crippen molar-refractivity contribution in [2.75, 3.05) is 43.3 Å². The van der Waals surface area contributed by atoms with E-state index in [0.717, 1.165) is 56.1 Å². The van der Waals surface area contributed by atoms with Gasteiger partial charge in [-0.2, -0.15) is 4.37 Å². The Labute approximate surface area is 167 Å². The highest BCUT2D eigenvalue weighted by Crippen LogP contribution is 2.29. The van der Waals surface area contributed by atoms with E-state index in [1.807, 2.05) is 7.05 Å². The molecule has 0 aliphatic rings. The van der Waals surface area contributed by atoms with Gasteiger partial charge in [-0.15, -0.1) is 0 Å². The maximum absolute atomic E-state index is 14.3. The van der Waals surface area contributed by atoms with Crippen LogP contribution in [0.2, 0.25) is 5.02 Å². The Bertz CT molecular complexity index is 820. The van der Waals surface area contributed by atoms with Crippen LogP contribution in [0.1, 0.15) is 12.8 Å². The van der Waals surface area contributed by atoms with Crippen LogP contribution in [-0.4, -0.2) is 51.0 Å². The van der Waals surface area contributed by atoms with Crippen molar-refractivity contribution in [3.8, 4) is 0 Å². The number of aromatic nitrogens is 2. The first-order chi connectivity index (χ1) is 12.9. The number of halogens is 2. The molecule has 1 aromatic heterocycles. The standard InChI is InChI=1S/C15H22ClFN6O2S2/c1-18-6-7-19-4-2-3-5-20-13-9-12(17)14(8-11(13)16)27(24,25)23-15-21-10-22-26-15/h8-10,18-20H,2-7H2,1H3,(H,21,22,23). The van der Waals surface area contributed by atoms with Crippen molar-refractivity contribution < 1.29 is 12.8 Å². The van der Waals surface area contributed by atoms with Gasteiger partial charge >= 0.3 is 0 Å². The van der Waals surface area contributed by atoms with Gasteiger partial charge in [0, 0.05) is 31.2 Å². The third kappa shape index (κ3) is 6.85. The second-order valence-corrected chi connectivity index (χ2v) is 8.44. The Morgan fingerprint density at radius 3 is 2.67 bits per heavy atom. The number of hydrogen-bond donors (Lipinski definition) is 4. The summed E-state index contributed by atoms with van der Waals surface area (Å²) in [5.74, 6) is -0.896. The van der Waals surface area contributed by atoms with Crippen molar-refractivity contribution in [3.63, 3.8) is 0 Å². The van der Waals surface area contributed by atoms with Crippen molar-refractivity contribution in [2.24, 2.45) is 0 Å². The summed E-state index contributed by atoms with van der Waals surface area (Å²) in [4.78, 5) is 3.18. The number of nitrogens with zero attached hydrogens (tertiary/aromatic N) is 2. The molecule has 8 nitrogen and oxygen atoms in total. The third-order valence-electron chi connectivity index (χ3n) is 3.54. The monoisotopic (exact) mass is 436 g/mol. The molecule has 150 valence electrons. The van der Waals surface area contributed by atoms with Gasteiger partial charge in [0.25, 0.3) is 10.0 Å². The lowest BCUT2D eigenvalue weighted by Gasteiger charge is -2.12. The minimum atomic E-state index is -4.14. The molecule has 12 heteroatoms. The van der Waals surface area contributed by atoms with E-state index < -0.39 is 20.7 Å². The van der Waals surface area contributed by atoms with Crippen molar-refractivity contribution >= 4 is 44.0 Å². The Kier molecular flexibility index (Phi) is 8.64. The first-order valence-corrected chi connectivity index (χ1v) is 10.9. The van der Waals surface area contributed by atoms with E-state index in [-0.39, 0.29) is 10.2 Å². The highest BCUT2D eigenvalue weighted by Gasteiger charge is 2.22. The normalized spacial score (nSPS) is 11.5. The van der Waals surface area contributed by atoms with E-state index in [2.05, 4.69) is 30.0 Å². The number of nitrogens with one attached hydrogen (secondary N) is 4. The molecule has 0 aliphatic heterocycles. The molecule has 0 aliphatic carbocycles. The van der Waals surface area contributed by atoms with Gasteiger partial charge in [0.05, 0.1) is 10.7 Å². The molecular weight excluding hydrogens is 415 g/mol. The van der Waals surface area contributed by atoms with Crippen LogP contribution in [0.3, 0.4) is 0 Å². The molecule has 0 radical (unpaired) electrons. The summed E-state index contributed by atoms with van der Waals surface area (Å²) in [7, 11) is -2.24. The van der Waals surface area contributed by atoms with Gasteiger partial charge in [-0.3, -0.25) is 4.72 Å². The SMILES string of the molecule is CNCCNCCCCNc1cc(F)c(S(=O)(=O)Nc2ncns2)cc1Cl. The van der Waals surface area contributed by atoms with E-state index in [1.54, 1.807) is 0 Å². The zero-order valence-corrected chi connectivity index (χ0v) is 17.1. The minimum Gasteiger partial charge on any atom is -0.384 e. The Morgan fingerprint density at radius 2 is 1.96 bits per heavy atom. The lowest BCUT2D eigenvalue weighted by molar-refractivity contribution is 0.570. The molecule has 0 amide bonds. The summed E-state index contributed by atoms with van der Waals surface area (Å²) >= 11 is 6.97. The van der Waals surface area contributed by atoms with E-state index in [1.165, 1.54) is 6.33 Å². The average molecular weight is 437 g/mol. The van der Waals surface area contributed by atoms with Crippen molar-refractivity contribution in [3.05, 3.63) is 29.3 Å². The summed E-state index contributed by atoms with van der Waals surface area (Å²) in [5, 5.41) is 9.55. The molecule has 1 aromatic carbocycles. The van der Waals surface area contributed by atoms with Gasteiger partial charge in [-0.25, -0.2) is 17.8 Å². The van der Waals surface area contributed by atoms with E-state index >= 15 is 0 Å². The number of rotatable bonds is 12. The summed E-state index contributed by atoms with van der Waals surface area (Å²) < 4.78 is 44.8. The molecule has 2 aromatic rings. The second kappa shape index (κ2) is 10.7. The molecular formula is C15H22ClFN6O2S2. The smallest absolute Gasteiger partial charge is 0.266 e. The van der Waals surface area contributed by atoms with Crippen LogP contribution in [-0.2, 0) is 10.0 Å². The van der Waals surface area contributed by atoms with Crippen LogP contribution in [0.5, 0.6) is 0 Å². The quantitative estimate of drug-likeness (QED) is 0.377. The molecule has 0 saturated carbocycles. The number of anilines is 2. The van der Waals surface area contributed by atoms with Gasteiger partial charge in [-0.05, 0) is 38.6 Å². The summed E-state index contributed by atoms with van der Waals surface area (Å²) in [5.41, 5.74) is 0.354. The van der Waals surface area contributed by atoms with Crippen LogP contribution in [0.25, 0.3) is 0 Å². The van der Waals surface area contributed by atoms with Gasteiger partial charge in [0.1, 0.15) is 17.0 Å². The largest absolute Gasteiger partial charge is 0.384 e. The molecule has 0 spiro atoms. The molecule has 2 rings (SSSR count). The molecule has 0 saturated heterocycles. The molecule has 0 atom stereocenters. The summed E-state index contributed by atoms with van der Waals surface area (Å²) in [6.45, 7) is 3.31. The third-order valence-corrected chi connectivity index (χ3v) is 5.92. The average Bonchev–Trinajstić information content (AvgIpc) is 3.11. The van der Waals surface area contributed by atoms with Crippen LogP contribution >= 0.6 is 23.1 Å². The molecule has 1 heterocycles. The molecule has 0 fully saturated rings. The summed E-state index contributed by atoms with van der Waals surface area (Å²) in [6.07, 6.45) is 3.02. The summed E-state index contributed by atoms with van der Waals surface area (Å²) in [6, 6.07) is 2.17. The Hall–Kier alpha value is -1.53. The maximum Gasteiger partial charge on any atom is 0.266 e. The maximum atomic E-state index is 14.3. The van der Waals surface area contributed by atoms with Gasteiger partial charge < -0.3 is 16.0 Å². The fraction of sp³-hybridized carbons (Fsp3) is 0.467. The van der Waals surface area contributed by atoms with E-state index in [9.17, 15) is 12.8 Å². The molecule has 0 unspecified atom stereocenters. The van der Waals surface area contributed by atoms with E-state index in [0.29, 0.717) is 12.2 Å². The van der Waals surface area contributed by atoms with Crippen LogP contribution in [0.4, 0.5) is 15.2 Å². The van der Waals surface area contributed by atoms with Crippen molar-refractivity contribution in [2.45, 2.75) is 17.7 Å². The first-order valence-electron chi connectivity index (χ1n) is 8.32. The number of benzene rings is 1. The highest BCUT2D eigenvalue weighted by molar-refractivity contribution is 7.93. The molecule has 0 bridgehead atoms. The first kappa shape index (κ1) is 21.8. The zero-order chi connectivity index (χ0) is 19.7. The number of likely N-dealkylation sites (N-methyl/N-ethyl adjacent to an activating group) is 1. The van der Waals surface area contributed by atoms with Crippen LogP contribution in [0, 0.1) is 5.82 Å². The van der Waals surface area contributed by atoms with Gasteiger partial charge in [0.15, 0.2) is 0 Å². The molecule has 4 N–H and O–H groups in total. The number of sulfonamides is 1. The predicted octanol–water partition coefficient (Wildman–Crippen LogP) is 2.13. The Morgan fingerprint density at radius 1 is 1.19 bits per heavy atom. The second-order valence-electron chi connectivity index (χ2n) is 5.60. The zero-order valence-electron chi connectivity index (χ0n) is 14.8. The fourth-order valence-corrected chi connectivity index (χ4v) is 4.24. The number of unbranched alkanes of at least 4 members (excludes halogenated alkanes) is 1. The van der Waals surface area contributed by atoms with Crippen molar-refractivity contribution in [1.82, 2.24) is 20.0 Å². The van der Waals surface area contributed by atoms with Gasteiger partial charge in [0.2, 0.25) is 5.13 Å². The highest BCUT2D eigenvalue weighted by atomic mass is 35.5. The lowest BCUT2D eigenvalue weighted by Crippen LogP contribution is -2.25. The molecule has 27 heavy (non-hydrogen) atoms.